The van der Waals surface area contributed by atoms with Crippen molar-refractivity contribution in [2.75, 3.05) is 13.1 Å². The fourth-order valence-electron chi connectivity index (χ4n) is 5.79. The summed E-state index contributed by atoms with van der Waals surface area (Å²) in [6.45, 7) is 6.32. The fourth-order valence-corrected chi connectivity index (χ4v) is 5.79. The minimum Gasteiger partial charge on any atom is -0.484 e. The molecule has 0 amide bonds. The zero-order chi connectivity index (χ0) is 21.5. The summed E-state index contributed by atoms with van der Waals surface area (Å²) in [6.07, 6.45) is 6.45. The predicted octanol–water partition coefficient (Wildman–Crippen LogP) is 6.40. The molecule has 32 heavy (non-hydrogen) atoms. The van der Waals surface area contributed by atoms with E-state index in [-0.39, 0.29) is 6.10 Å². The van der Waals surface area contributed by atoms with Crippen molar-refractivity contribution in [2.45, 2.75) is 25.0 Å². The van der Waals surface area contributed by atoms with Gasteiger partial charge in [-0.3, -0.25) is 9.88 Å². The molecule has 4 aromatic rings. The Labute approximate surface area is 189 Å². The number of hydrogen-bond donors (Lipinski definition) is 0. The summed E-state index contributed by atoms with van der Waals surface area (Å²) >= 11 is 0. The molecular weight excluding hydrogens is 392 g/mol. The van der Waals surface area contributed by atoms with Gasteiger partial charge in [0.15, 0.2) is 0 Å². The Morgan fingerprint density at radius 2 is 1.84 bits per heavy atom. The monoisotopic (exact) mass is 420 g/mol. The molecule has 0 radical (unpaired) electrons. The fraction of sp³-hybridized carbons (Fsp3) is 0.276. The first-order chi connectivity index (χ1) is 15.8. The number of hydrogen-bond acceptors (Lipinski definition) is 3. The normalized spacial score (nSPS) is 25.6. The molecule has 2 bridgehead atoms. The number of fused-ring (bicyclic) bond motifs is 5. The van der Waals surface area contributed by atoms with Crippen LogP contribution in [-0.4, -0.2) is 29.0 Å². The molecule has 3 aromatic carbocycles. The second-order valence-electron chi connectivity index (χ2n) is 9.21. The lowest BCUT2D eigenvalue weighted by Crippen LogP contribution is -2.55. The van der Waals surface area contributed by atoms with Gasteiger partial charge >= 0.3 is 0 Å². The van der Waals surface area contributed by atoms with Gasteiger partial charge in [-0.25, -0.2) is 0 Å². The molecule has 3 fully saturated rings. The highest BCUT2D eigenvalue weighted by atomic mass is 16.5. The van der Waals surface area contributed by atoms with Crippen LogP contribution in [0.3, 0.4) is 0 Å². The van der Waals surface area contributed by atoms with Crippen LogP contribution in [0.2, 0.25) is 0 Å². The molecular formula is C29H28N2O. The van der Waals surface area contributed by atoms with E-state index in [4.69, 9.17) is 4.74 Å². The standard InChI is InChI=1S/C29H28N2O/c1-2-20-19-31-16-14-23(20)18-28(31)29(26-13-15-30-27-10-6-5-9-25(26)27)32-24-12-11-21-7-3-4-8-22(21)17-24/h2-13,15,17,20,23,28-29H,1,14,16,18-19H2/t20-,23-,28+,29+/m0/s1. The van der Waals surface area contributed by atoms with Gasteiger partial charge in [-0.2, -0.15) is 0 Å². The van der Waals surface area contributed by atoms with Crippen LogP contribution in [0.25, 0.3) is 21.7 Å². The largest absolute Gasteiger partial charge is 0.484 e. The smallest absolute Gasteiger partial charge is 0.140 e. The van der Waals surface area contributed by atoms with Crippen LogP contribution in [0.5, 0.6) is 5.75 Å². The summed E-state index contributed by atoms with van der Waals surface area (Å²) < 4.78 is 6.88. The maximum absolute atomic E-state index is 6.88. The van der Waals surface area contributed by atoms with E-state index in [0.29, 0.717) is 17.9 Å². The van der Waals surface area contributed by atoms with Crippen LogP contribution in [-0.2, 0) is 0 Å². The lowest BCUT2D eigenvalue weighted by molar-refractivity contribution is -0.0356. The van der Waals surface area contributed by atoms with E-state index < -0.39 is 0 Å². The van der Waals surface area contributed by atoms with E-state index in [1.165, 1.54) is 28.1 Å². The average molecular weight is 421 g/mol. The van der Waals surface area contributed by atoms with Gasteiger partial charge in [0, 0.05) is 23.7 Å². The Morgan fingerprint density at radius 3 is 2.69 bits per heavy atom. The number of rotatable bonds is 5. The topological polar surface area (TPSA) is 25.4 Å². The van der Waals surface area contributed by atoms with Crippen molar-refractivity contribution < 1.29 is 4.74 Å². The third-order valence-electron chi connectivity index (χ3n) is 7.48. The molecule has 0 spiro atoms. The zero-order valence-corrected chi connectivity index (χ0v) is 18.2. The molecule has 7 rings (SSSR count). The summed E-state index contributed by atoms with van der Waals surface area (Å²) in [6, 6.07) is 25.8. The first-order valence-electron chi connectivity index (χ1n) is 11.7. The molecule has 5 atom stereocenters. The van der Waals surface area contributed by atoms with Crippen molar-refractivity contribution in [3.05, 3.63) is 97.2 Å². The van der Waals surface area contributed by atoms with Crippen molar-refractivity contribution in [1.29, 1.82) is 0 Å². The minimum absolute atomic E-state index is 0.0439. The van der Waals surface area contributed by atoms with Crippen LogP contribution >= 0.6 is 0 Å². The van der Waals surface area contributed by atoms with Crippen LogP contribution in [0.4, 0.5) is 0 Å². The molecule has 4 heterocycles. The Balaban J connectivity index is 1.43. The number of piperidine rings is 3. The second kappa shape index (κ2) is 8.07. The van der Waals surface area contributed by atoms with E-state index in [0.717, 1.165) is 30.8 Å². The SMILES string of the molecule is C=C[C@H]1CN2CC[C@H]1C[C@@H]2[C@H](Oc1ccc2ccccc2c1)c1ccnc2ccccc12. The van der Waals surface area contributed by atoms with Gasteiger partial charge in [0.1, 0.15) is 11.9 Å². The van der Waals surface area contributed by atoms with Crippen LogP contribution in [0.1, 0.15) is 24.5 Å². The number of aromatic nitrogens is 1. The van der Waals surface area contributed by atoms with Gasteiger partial charge in [-0.05, 0) is 66.3 Å². The van der Waals surface area contributed by atoms with Crippen LogP contribution in [0.15, 0.2) is 91.6 Å². The van der Waals surface area contributed by atoms with Crippen molar-refractivity contribution in [2.24, 2.45) is 11.8 Å². The molecule has 3 saturated heterocycles. The van der Waals surface area contributed by atoms with E-state index in [9.17, 15) is 0 Å². The maximum atomic E-state index is 6.88. The lowest BCUT2D eigenvalue weighted by atomic mass is 9.73. The van der Waals surface area contributed by atoms with E-state index in [2.05, 4.69) is 95.3 Å². The van der Waals surface area contributed by atoms with Crippen LogP contribution in [0, 0.1) is 11.8 Å². The van der Waals surface area contributed by atoms with Crippen molar-refractivity contribution >= 4 is 21.7 Å². The summed E-state index contributed by atoms with van der Waals surface area (Å²) in [7, 11) is 0. The molecule has 3 nitrogen and oxygen atoms in total. The first kappa shape index (κ1) is 19.5. The van der Waals surface area contributed by atoms with Gasteiger partial charge in [-0.15, -0.1) is 6.58 Å². The zero-order valence-electron chi connectivity index (χ0n) is 18.2. The van der Waals surface area contributed by atoms with Crippen LogP contribution < -0.4 is 4.74 Å². The predicted molar refractivity (Wildman–Crippen MR) is 131 cm³/mol. The highest BCUT2D eigenvalue weighted by Gasteiger charge is 2.43. The highest BCUT2D eigenvalue weighted by Crippen LogP contribution is 2.43. The minimum atomic E-state index is -0.0439. The maximum Gasteiger partial charge on any atom is 0.140 e. The summed E-state index contributed by atoms with van der Waals surface area (Å²) in [5.41, 5.74) is 2.26. The lowest BCUT2D eigenvalue weighted by Gasteiger charge is -2.51. The molecule has 3 aliphatic heterocycles. The summed E-state index contributed by atoms with van der Waals surface area (Å²) in [5, 5.41) is 3.63. The first-order valence-corrected chi connectivity index (χ1v) is 11.7. The number of benzene rings is 3. The summed E-state index contributed by atoms with van der Waals surface area (Å²) in [5.74, 6) is 2.21. The van der Waals surface area contributed by atoms with Gasteiger partial charge in [0.2, 0.25) is 0 Å². The quantitative estimate of drug-likeness (QED) is 0.349. The Morgan fingerprint density at radius 1 is 1.00 bits per heavy atom. The molecule has 1 unspecified atom stereocenters. The molecule has 0 N–H and O–H groups in total. The van der Waals surface area contributed by atoms with Gasteiger partial charge in [-0.1, -0.05) is 54.6 Å². The number of ether oxygens (including phenoxy) is 1. The van der Waals surface area contributed by atoms with Crippen molar-refractivity contribution in [3.63, 3.8) is 0 Å². The number of para-hydroxylation sites is 1. The Kier molecular flexibility index (Phi) is 4.92. The average Bonchev–Trinajstić information content (AvgIpc) is 2.87. The van der Waals surface area contributed by atoms with Gasteiger partial charge in [0.05, 0.1) is 11.6 Å². The molecule has 1 aromatic heterocycles. The second-order valence-corrected chi connectivity index (χ2v) is 9.21. The van der Waals surface area contributed by atoms with Gasteiger partial charge in [0.25, 0.3) is 0 Å². The molecule has 3 heteroatoms. The van der Waals surface area contributed by atoms with Crippen molar-refractivity contribution in [3.8, 4) is 5.75 Å². The molecule has 3 aliphatic rings. The van der Waals surface area contributed by atoms with E-state index >= 15 is 0 Å². The van der Waals surface area contributed by atoms with E-state index in [1.54, 1.807) is 0 Å². The third-order valence-corrected chi connectivity index (χ3v) is 7.48. The number of pyridine rings is 1. The van der Waals surface area contributed by atoms with Crippen molar-refractivity contribution in [1.82, 2.24) is 9.88 Å². The van der Waals surface area contributed by atoms with E-state index in [1.807, 2.05) is 6.20 Å². The van der Waals surface area contributed by atoms with Gasteiger partial charge < -0.3 is 4.74 Å². The molecule has 160 valence electrons. The Bertz CT molecular complexity index is 1280. The molecule has 0 aliphatic carbocycles. The third kappa shape index (κ3) is 3.37. The number of nitrogens with zero attached hydrogens (tertiary/aromatic N) is 2. The highest BCUT2D eigenvalue weighted by molar-refractivity contribution is 5.84. The molecule has 0 saturated carbocycles. The Hall–Kier alpha value is -3.17. The summed E-state index contributed by atoms with van der Waals surface area (Å²) in [4.78, 5) is 7.24.